The van der Waals surface area contributed by atoms with Crippen molar-refractivity contribution >= 4 is 11.3 Å². The Morgan fingerprint density at radius 1 is 1.20 bits per heavy atom. The van der Waals surface area contributed by atoms with E-state index in [1.165, 1.54) is 5.56 Å². The van der Waals surface area contributed by atoms with E-state index in [0.29, 0.717) is 5.92 Å². The predicted molar refractivity (Wildman–Crippen MR) is 86.2 cm³/mol. The average Bonchev–Trinajstić information content (AvgIpc) is 2.90. The molecule has 0 aliphatic heterocycles. The molecule has 4 heteroatoms. The maximum atomic E-state index is 4.66. The van der Waals surface area contributed by atoms with Crippen LogP contribution in [0.4, 0.5) is 0 Å². The van der Waals surface area contributed by atoms with Gasteiger partial charge in [0, 0.05) is 22.3 Å². The highest BCUT2D eigenvalue weighted by molar-refractivity contribution is 7.08. The topological polar surface area (TPSA) is 37.8 Å². The van der Waals surface area contributed by atoms with Gasteiger partial charge in [-0.15, -0.1) is 0 Å². The van der Waals surface area contributed by atoms with Crippen LogP contribution in [0.5, 0.6) is 0 Å². The van der Waals surface area contributed by atoms with E-state index in [4.69, 9.17) is 0 Å². The van der Waals surface area contributed by atoms with Crippen LogP contribution >= 0.6 is 11.3 Å². The van der Waals surface area contributed by atoms with Crippen LogP contribution in [0.25, 0.3) is 11.4 Å². The van der Waals surface area contributed by atoms with E-state index in [0.717, 1.165) is 42.3 Å². The largest absolute Gasteiger partial charge is 0.316 e. The SMILES string of the molecule is Cc1nc(-c2ccsc2)nc(C)c1CCNCC(C)C. The Labute approximate surface area is 125 Å². The Bertz CT molecular complexity index is 524. The molecule has 108 valence electrons. The van der Waals surface area contributed by atoms with E-state index in [9.17, 15) is 0 Å². The molecular weight excluding hydrogens is 266 g/mol. The second-order valence-corrected chi connectivity index (χ2v) is 6.34. The van der Waals surface area contributed by atoms with E-state index in [-0.39, 0.29) is 0 Å². The lowest BCUT2D eigenvalue weighted by atomic mass is 10.1. The van der Waals surface area contributed by atoms with Gasteiger partial charge in [0.1, 0.15) is 0 Å². The van der Waals surface area contributed by atoms with Crippen molar-refractivity contribution in [3.63, 3.8) is 0 Å². The highest BCUT2D eigenvalue weighted by atomic mass is 32.1. The third-order valence-corrected chi connectivity index (χ3v) is 3.99. The zero-order valence-electron chi connectivity index (χ0n) is 12.7. The maximum absolute atomic E-state index is 4.66. The molecule has 2 heterocycles. The zero-order valence-corrected chi connectivity index (χ0v) is 13.5. The van der Waals surface area contributed by atoms with Gasteiger partial charge in [-0.2, -0.15) is 11.3 Å². The van der Waals surface area contributed by atoms with E-state index >= 15 is 0 Å². The fourth-order valence-corrected chi connectivity index (χ4v) is 2.86. The summed E-state index contributed by atoms with van der Waals surface area (Å²) in [5.74, 6) is 1.54. The van der Waals surface area contributed by atoms with Gasteiger partial charge in [-0.1, -0.05) is 13.8 Å². The monoisotopic (exact) mass is 289 g/mol. The van der Waals surface area contributed by atoms with Gasteiger partial charge >= 0.3 is 0 Å². The highest BCUT2D eigenvalue weighted by Gasteiger charge is 2.10. The van der Waals surface area contributed by atoms with Gasteiger partial charge in [0.25, 0.3) is 0 Å². The first-order chi connectivity index (χ1) is 9.58. The van der Waals surface area contributed by atoms with Crippen LogP contribution in [-0.2, 0) is 6.42 Å². The molecule has 0 bridgehead atoms. The molecule has 0 saturated carbocycles. The Morgan fingerprint density at radius 2 is 1.90 bits per heavy atom. The van der Waals surface area contributed by atoms with Crippen LogP contribution in [0.1, 0.15) is 30.8 Å². The van der Waals surface area contributed by atoms with Gasteiger partial charge in [-0.3, -0.25) is 0 Å². The molecule has 0 amide bonds. The molecule has 0 aliphatic carbocycles. The molecule has 3 nitrogen and oxygen atoms in total. The molecule has 2 rings (SSSR count). The van der Waals surface area contributed by atoms with Crippen molar-refractivity contribution in [2.75, 3.05) is 13.1 Å². The van der Waals surface area contributed by atoms with Gasteiger partial charge < -0.3 is 5.32 Å². The number of hydrogen-bond donors (Lipinski definition) is 1. The second kappa shape index (κ2) is 6.95. The van der Waals surface area contributed by atoms with Crippen LogP contribution in [-0.4, -0.2) is 23.1 Å². The first kappa shape index (κ1) is 15.1. The summed E-state index contributed by atoms with van der Waals surface area (Å²) in [6.45, 7) is 10.7. The molecule has 2 aromatic heterocycles. The average molecular weight is 289 g/mol. The number of aryl methyl sites for hydroxylation is 2. The molecule has 0 atom stereocenters. The molecule has 0 fully saturated rings. The van der Waals surface area contributed by atoms with Gasteiger partial charge in [0.2, 0.25) is 0 Å². The summed E-state index contributed by atoms with van der Waals surface area (Å²) in [4.78, 5) is 9.32. The molecule has 0 radical (unpaired) electrons. The van der Waals surface area contributed by atoms with E-state index in [1.54, 1.807) is 11.3 Å². The van der Waals surface area contributed by atoms with Gasteiger partial charge in [0.15, 0.2) is 5.82 Å². The third-order valence-electron chi connectivity index (χ3n) is 3.30. The van der Waals surface area contributed by atoms with Crippen LogP contribution < -0.4 is 5.32 Å². The lowest BCUT2D eigenvalue weighted by molar-refractivity contribution is 0.553. The van der Waals surface area contributed by atoms with Crippen molar-refractivity contribution in [1.29, 1.82) is 0 Å². The molecular formula is C16H23N3S. The molecule has 0 aliphatic rings. The minimum Gasteiger partial charge on any atom is -0.316 e. The summed E-state index contributed by atoms with van der Waals surface area (Å²) < 4.78 is 0. The number of nitrogens with zero attached hydrogens (tertiary/aromatic N) is 2. The minimum atomic E-state index is 0.689. The highest BCUT2D eigenvalue weighted by Crippen LogP contribution is 2.21. The normalized spacial score (nSPS) is 11.2. The molecule has 0 aromatic carbocycles. The van der Waals surface area contributed by atoms with Crippen LogP contribution in [0, 0.1) is 19.8 Å². The summed E-state index contributed by atoms with van der Waals surface area (Å²) in [5.41, 5.74) is 4.60. The van der Waals surface area contributed by atoms with E-state index in [1.807, 2.05) is 0 Å². The number of hydrogen-bond acceptors (Lipinski definition) is 4. The molecule has 0 unspecified atom stereocenters. The van der Waals surface area contributed by atoms with Gasteiger partial charge in [-0.25, -0.2) is 9.97 Å². The minimum absolute atomic E-state index is 0.689. The Balaban J connectivity index is 2.07. The third kappa shape index (κ3) is 3.87. The number of thiophene rings is 1. The first-order valence-corrected chi connectivity index (χ1v) is 8.09. The number of aromatic nitrogens is 2. The smallest absolute Gasteiger partial charge is 0.160 e. The van der Waals surface area contributed by atoms with Crippen molar-refractivity contribution < 1.29 is 0 Å². The van der Waals surface area contributed by atoms with E-state index < -0.39 is 0 Å². The molecule has 0 saturated heterocycles. The number of rotatable bonds is 6. The summed E-state index contributed by atoms with van der Waals surface area (Å²) in [7, 11) is 0. The second-order valence-electron chi connectivity index (χ2n) is 5.56. The Morgan fingerprint density at radius 3 is 2.45 bits per heavy atom. The van der Waals surface area contributed by atoms with Crippen LogP contribution in [0.3, 0.4) is 0 Å². The predicted octanol–water partition coefficient (Wildman–Crippen LogP) is 3.61. The quantitative estimate of drug-likeness (QED) is 0.826. The summed E-state index contributed by atoms with van der Waals surface area (Å²) >= 11 is 1.68. The van der Waals surface area contributed by atoms with Crippen molar-refractivity contribution in [2.45, 2.75) is 34.1 Å². The lowest BCUT2D eigenvalue weighted by Crippen LogP contribution is -2.23. The van der Waals surface area contributed by atoms with Crippen LogP contribution in [0.15, 0.2) is 16.8 Å². The maximum Gasteiger partial charge on any atom is 0.160 e. The lowest BCUT2D eigenvalue weighted by Gasteiger charge is -2.12. The molecule has 2 aromatic rings. The van der Waals surface area contributed by atoms with Crippen molar-refractivity contribution in [2.24, 2.45) is 5.92 Å². The van der Waals surface area contributed by atoms with Gasteiger partial charge in [0.05, 0.1) is 0 Å². The fraction of sp³-hybridized carbons (Fsp3) is 0.500. The summed E-state index contributed by atoms with van der Waals surface area (Å²) in [6.07, 6.45) is 0.994. The Hall–Kier alpha value is -1.26. The Kier molecular flexibility index (Phi) is 5.26. The summed E-state index contributed by atoms with van der Waals surface area (Å²) in [6, 6.07) is 2.07. The standard InChI is InChI=1S/C16H23N3S/c1-11(2)9-17-7-5-15-12(3)18-16(19-13(15)4)14-6-8-20-10-14/h6,8,10-11,17H,5,7,9H2,1-4H3. The molecule has 1 N–H and O–H groups in total. The van der Waals surface area contributed by atoms with Crippen LogP contribution in [0.2, 0.25) is 0 Å². The fourth-order valence-electron chi connectivity index (χ4n) is 2.23. The van der Waals surface area contributed by atoms with Crippen molar-refractivity contribution in [3.8, 4) is 11.4 Å². The number of nitrogens with one attached hydrogen (secondary N) is 1. The molecule has 20 heavy (non-hydrogen) atoms. The first-order valence-electron chi connectivity index (χ1n) is 7.15. The van der Waals surface area contributed by atoms with Gasteiger partial charge in [-0.05, 0) is 56.3 Å². The molecule has 0 spiro atoms. The zero-order chi connectivity index (χ0) is 14.5. The summed E-state index contributed by atoms with van der Waals surface area (Å²) in [5, 5.41) is 7.63. The van der Waals surface area contributed by atoms with Crippen molar-refractivity contribution in [1.82, 2.24) is 15.3 Å². The van der Waals surface area contributed by atoms with E-state index in [2.05, 4.69) is 59.8 Å². The van der Waals surface area contributed by atoms with Crippen molar-refractivity contribution in [3.05, 3.63) is 33.8 Å².